The van der Waals surface area contributed by atoms with E-state index in [1.165, 1.54) is 11.8 Å². The number of primary amides is 1. The molecule has 1 aliphatic heterocycles. The molecule has 1 aliphatic rings. The molecule has 2 heterocycles. The number of hydrogen-bond donors (Lipinski definition) is 3. The molecule has 0 saturated carbocycles. The third-order valence-electron chi connectivity index (χ3n) is 3.41. The molecule has 3 amide bonds. The van der Waals surface area contributed by atoms with Crippen LogP contribution in [0.25, 0.3) is 11.3 Å². The van der Waals surface area contributed by atoms with E-state index in [0.717, 1.165) is 16.8 Å². The second-order valence-corrected chi connectivity index (χ2v) is 4.98. The van der Waals surface area contributed by atoms with E-state index in [1.54, 1.807) is 12.1 Å². The minimum Gasteiger partial charge on any atom is -0.379 e. The van der Waals surface area contributed by atoms with Crippen LogP contribution in [0.15, 0.2) is 24.3 Å². The first-order valence-corrected chi connectivity index (χ1v) is 6.69. The van der Waals surface area contributed by atoms with E-state index in [4.69, 9.17) is 10.6 Å². The number of urea groups is 1. The number of para-hydroxylation sites is 1. The largest absolute Gasteiger partial charge is 0.379 e. The van der Waals surface area contributed by atoms with Gasteiger partial charge in [0.05, 0.1) is 18.8 Å². The summed E-state index contributed by atoms with van der Waals surface area (Å²) in [4.78, 5) is 29.1. The van der Waals surface area contributed by atoms with E-state index in [0.29, 0.717) is 24.5 Å². The summed E-state index contributed by atoms with van der Waals surface area (Å²) in [7, 11) is 0. The molecule has 0 radical (unpaired) electrons. The first kappa shape index (κ1) is 13.9. The molecule has 4 N–H and O–H groups in total. The summed E-state index contributed by atoms with van der Waals surface area (Å²) in [5.74, 6) is 0.173. The third-order valence-corrected chi connectivity index (χ3v) is 3.41. The Bertz CT molecular complexity index is 740. The van der Waals surface area contributed by atoms with E-state index >= 15 is 0 Å². The van der Waals surface area contributed by atoms with Gasteiger partial charge >= 0.3 is 6.03 Å². The fourth-order valence-corrected chi connectivity index (χ4v) is 2.40. The lowest BCUT2D eigenvalue weighted by molar-refractivity contribution is -0.125. The Morgan fingerprint density at radius 1 is 1.36 bits per heavy atom. The zero-order chi connectivity index (χ0) is 15.7. The van der Waals surface area contributed by atoms with Crippen LogP contribution in [0.1, 0.15) is 18.2 Å². The number of carbonyl (C=O) groups is 2. The maximum atomic E-state index is 11.3. The third kappa shape index (κ3) is 2.46. The Morgan fingerprint density at radius 2 is 2.14 bits per heavy atom. The van der Waals surface area contributed by atoms with Gasteiger partial charge in [-0.15, -0.1) is 0 Å². The second-order valence-electron chi connectivity index (χ2n) is 4.98. The topological polar surface area (TPSA) is 113 Å². The summed E-state index contributed by atoms with van der Waals surface area (Å²) >= 11 is 0. The summed E-state index contributed by atoms with van der Waals surface area (Å²) in [5.41, 5.74) is 10.8. The maximum absolute atomic E-state index is 11.3. The van der Waals surface area contributed by atoms with Crippen molar-refractivity contribution in [2.45, 2.75) is 20.0 Å². The standard InChI is InChI=1S/C14H15N5O3/c1-8(20)18-22-12-5-3-2-4-9(12)13-10-6-19(14(15)21)7-11(10)16-17-13/h2-5H,6-7H2,1H3,(H2,15,21)(H,16,17)(H,18,20). The fraction of sp³-hybridized carbons (Fsp3) is 0.214. The number of nitrogens with one attached hydrogen (secondary N) is 2. The Kier molecular flexibility index (Phi) is 3.42. The SMILES string of the molecule is CC(=O)NOc1ccccc1-c1n[nH]c2c1CN(C(N)=O)C2. The first-order chi connectivity index (χ1) is 10.6. The van der Waals surface area contributed by atoms with Crippen LogP contribution >= 0.6 is 0 Å². The number of fused-ring (bicyclic) bond motifs is 1. The summed E-state index contributed by atoms with van der Waals surface area (Å²) in [6.07, 6.45) is 0. The Labute approximate surface area is 126 Å². The minimum absolute atomic E-state index is 0.304. The molecule has 22 heavy (non-hydrogen) atoms. The van der Waals surface area contributed by atoms with E-state index in [2.05, 4.69) is 15.7 Å². The average Bonchev–Trinajstić information content (AvgIpc) is 3.05. The molecule has 8 nitrogen and oxygen atoms in total. The molecule has 0 saturated heterocycles. The van der Waals surface area contributed by atoms with Gasteiger partial charge in [-0.05, 0) is 12.1 Å². The lowest BCUT2D eigenvalue weighted by Crippen LogP contribution is -2.31. The van der Waals surface area contributed by atoms with E-state index < -0.39 is 6.03 Å². The molecule has 0 fully saturated rings. The molecular weight excluding hydrogens is 286 g/mol. The van der Waals surface area contributed by atoms with Gasteiger partial charge in [0.1, 0.15) is 5.69 Å². The molecule has 1 aromatic heterocycles. The zero-order valence-corrected chi connectivity index (χ0v) is 11.9. The number of benzene rings is 1. The predicted molar refractivity (Wildman–Crippen MR) is 77.3 cm³/mol. The van der Waals surface area contributed by atoms with Crippen molar-refractivity contribution < 1.29 is 14.4 Å². The van der Waals surface area contributed by atoms with Crippen molar-refractivity contribution in [1.29, 1.82) is 0 Å². The van der Waals surface area contributed by atoms with Crippen LogP contribution in [0.2, 0.25) is 0 Å². The molecular formula is C14H15N5O3. The van der Waals surface area contributed by atoms with Crippen LogP contribution < -0.4 is 16.1 Å². The van der Waals surface area contributed by atoms with Gasteiger partial charge in [0.2, 0.25) is 5.91 Å². The number of hydrogen-bond acceptors (Lipinski definition) is 4. The highest BCUT2D eigenvalue weighted by molar-refractivity contribution is 5.76. The van der Waals surface area contributed by atoms with Crippen molar-refractivity contribution in [3.05, 3.63) is 35.5 Å². The quantitative estimate of drug-likeness (QED) is 0.731. The van der Waals surface area contributed by atoms with Gasteiger partial charge < -0.3 is 15.5 Å². The summed E-state index contributed by atoms with van der Waals surface area (Å²) in [5, 5.41) is 7.21. The van der Waals surface area contributed by atoms with E-state index in [9.17, 15) is 9.59 Å². The van der Waals surface area contributed by atoms with Gasteiger partial charge in [0.25, 0.3) is 0 Å². The van der Waals surface area contributed by atoms with Gasteiger partial charge in [-0.25, -0.2) is 4.79 Å². The first-order valence-electron chi connectivity index (χ1n) is 6.69. The van der Waals surface area contributed by atoms with Crippen molar-refractivity contribution in [2.75, 3.05) is 0 Å². The Morgan fingerprint density at radius 3 is 2.86 bits per heavy atom. The maximum Gasteiger partial charge on any atom is 0.315 e. The van der Waals surface area contributed by atoms with Gasteiger partial charge in [-0.1, -0.05) is 12.1 Å². The second kappa shape index (κ2) is 5.40. The van der Waals surface area contributed by atoms with Crippen molar-refractivity contribution in [3.8, 4) is 17.0 Å². The van der Waals surface area contributed by atoms with Crippen LogP contribution in [0.5, 0.6) is 5.75 Å². The highest BCUT2D eigenvalue weighted by Gasteiger charge is 2.28. The van der Waals surface area contributed by atoms with Crippen molar-refractivity contribution in [1.82, 2.24) is 20.6 Å². The molecule has 8 heteroatoms. The number of H-pyrrole nitrogens is 1. The molecule has 0 atom stereocenters. The summed E-state index contributed by atoms with van der Waals surface area (Å²) in [6, 6.07) is 6.73. The molecule has 1 aromatic carbocycles. The molecule has 0 bridgehead atoms. The van der Waals surface area contributed by atoms with Gasteiger partial charge in [-0.2, -0.15) is 10.6 Å². The number of hydroxylamine groups is 1. The van der Waals surface area contributed by atoms with Crippen LogP contribution in [0.3, 0.4) is 0 Å². The Hall–Kier alpha value is -3.03. The zero-order valence-electron chi connectivity index (χ0n) is 11.9. The van der Waals surface area contributed by atoms with Crippen molar-refractivity contribution >= 4 is 11.9 Å². The minimum atomic E-state index is -0.474. The van der Waals surface area contributed by atoms with Crippen LogP contribution in [-0.4, -0.2) is 27.0 Å². The normalized spacial score (nSPS) is 12.9. The molecule has 2 aromatic rings. The highest BCUT2D eigenvalue weighted by Crippen LogP contribution is 2.35. The van der Waals surface area contributed by atoms with Crippen LogP contribution in [0, 0.1) is 0 Å². The van der Waals surface area contributed by atoms with Crippen molar-refractivity contribution in [2.24, 2.45) is 5.73 Å². The molecule has 0 unspecified atom stereocenters. The molecule has 3 rings (SSSR count). The molecule has 0 aliphatic carbocycles. The lowest BCUT2D eigenvalue weighted by Gasteiger charge is -2.12. The van der Waals surface area contributed by atoms with Crippen molar-refractivity contribution in [3.63, 3.8) is 0 Å². The summed E-state index contributed by atoms with van der Waals surface area (Å²) in [6.45, 7) is 2.16. The number of nitrogens with two attached hydrogens (primary N) is 1. The summed E-state index contributed by atoms with van der Waals surface area (Å²) < 4.78 is 0. The number of aromatic amines is 1. The average molecular weight is 301 g/mol. The van der Waals surface area contributed by atoms with E-state index in [-0.39, 0.29) is 5.91 Å². The van der Waals surface area contributed by atoms with Gasteiger partial charge in [-0.3, -0.25) is 9.89 Å². The predicted octanol–water partition coefficient (Wildman–Crippen LogP) is 0.901. The number of nitrogens with zero attached hydrogens (tertiary/aromatic N) is 2. The van der Waals surface area contributed by atoms with Crippen LogP contribution in [0.4, 0.5) is 4.79 Å². The Balaban J connectivity index is 1.94. The fourth-order valence-electron chi connectivity index (χ4n) is 2.40. The number of aromatic nitrogens is 2. The van der Waals surface area contributed by atoms with Crippen LogP contribution in [-0.2, 0) is 17.9 Å². The van der Waals surface area contributed by atoms with E-state index in [1.807, 2.05) is 12.1 Å². The smallest absolute Gasteiger partial charge is 0.315 e. The van der Waals surface area contributed by atoms with Gasteiger partial charge in [0.15, 0.2) is 5.75 Å². The number of carbonyl (C=O) groups excluding carboxylic acids is 2. The monoisotopic (exact) mass is 301 g/mol. The molecule has 0 spiro atoms. The highest BCUT2D eigenvalue weighted by atomic mass is 16.7. The molecule has 114 valence electrons. The number of amides is 3. The van der Waals surface area contributed by atoms with Gasteiger partial charge in [0, 0.05) is 18.1 Å². The lowest BCUT2D eigenvalue weighted by atomic mass is 10.1. The number of rotatable bonds is 3.